The fraction of sp³-hybridized carbons (Fsp3) is 0.278. The van der Waals surface area contributed by atoms with Crippen molar-refractivity contribution in [3.8, 4) is 0 Å². The number of nitrogens with one attached hydrogen (secondary N) is 3. The average Bonchev–Trinajstić information content (AvgIpc) is 3.10. The SMILES string of the molecule is Cc1cc(NC(=O)c2cccc(S(=O)(=O)NC3CCNC3)c2Cl)ccc1F. The van der Waals surface area contributed by atoms with E-state index in [0.717, 1.165) is 6.54 Å². The molecule has 1 unspecified atom stereocenters. The highest BCUT2D eigenvalue weighted by atomic mass is 35.5. The van der Waals surface area contributed by atoms with Gasteiger partial charge in [-0.05, 0) is 55.8 Å². The van der Waals surface area contributed by atoms with Crippen molar-refractivity contribution in [1.82, 2.24) is 10.0 Å². The van der Waals surface area contributed by atoms with Crippen molar-refractivity contribution in [3.63, 3.8) is 0 Å². The van der Waals surface area contributed by atoms with Crippen LogP contribution in [0.4, 0.5) is 10.1 Å². The number of benzene rings is 2. The van der Waals surface area contributed by atoms with Crippen LogP contribution in [0.3, 0.4) is 0 Å². The zero-order chi connectivity index (χ0) is 19.6. The monoisotopic (exact) mass is 411 g/mol. The van der Waals surface area contributed by atoms with Crippen LogP contribution in [0.5, 0.6) is 0 Å². The summed E-state index contributed by atoms with van der Waals surface area (Å²) in [6.07, 6.45) is 0.681. The van der Waals surface area contributed by atoms with Crippen LogP contribution in [0.1, 0.15) is 22.3 Å². The summed E-state index contributed by atoms with van der Waals surface area (Å²) in [5.41, 5.74) is 0.786. The number of hydrogen-bond donors (Lipinski definition) is 3. The van der Waals surface area contributed by atoms with Gasteiger partial charge in [-0.15, -0.1) is 0 Å². The minimum atomic E-state index is -3.87. The molecule has 9 heteroatoms. The van der Waals surface area contributed by atoms with Crippen LogP contribution < -0.4 is 15.4 Å². The van der Waals surface area contributed by atoms with Crippen molar-refractivity contribution in [2.75, 3.05) is 18.4 Å². The first-order valence-electron chi connectivity index (χ1n) is 8.37. The Kier molecular flexibility index (Phi) is 5.81. The average molecular weight is 412 g/mol. The van der Waals surface area contributed by atoms with Crippen molar-refractivity contribution >= 4 is 33.2 Å². The van der Waals surface area contributed by atoms with E-state index in [1.165, 1.54) is 36.4 Å². The maximum absolute atomic E-state index is 13.4. The van der Waals surface area contributed by atoms with E-state index in [1.54, 1.807) is 6.92 Å². The zero-order valence-corrected chi connectivity index (χ0v) is 16.1. The lowest BCUT2D eigenvalue weighted by molar-refractivity contribution is 0.102. The maximum Gasteiger partial charge on any atom is 0.257 e. The molecule has 0 spiro atoms. The summed E-state index contributed by atoms with van der Waals surface area (Å²) in [5, 5.41) is 5.52. The number of halogens is 2. The third-order valence-corrected chi connectivity index (χ3v) is 6.38. The molecule has 3 N–H and O–H groups in total. The van der Waals surface area contributed by atoms with Crippen LogP contribution in [-0.4, -0.2) is 33.5 Å². The van der Waals surface area contributed by atoms with Crippen LogP contribution >= 0.6 is 11.6 Å². The predicted octanol–water partition coefficient (Wildman–Crippen LogP) is 2.68. The van der Waals surface area contributed by atoms with Gasteiger partial charge in [-0.1, -0.05) is 17.7 Å². The van der Waals surface area contributed by atoms with Gasteiger partial charge in [0.15, 0.2) is 0 Å². The van der Waals surface area contributed by atoms with Crippen LogP contribution in [-0.2, 0) is 10.0 Å². The molecule has 0 aromatic heterocycles. The molecular weight excluding hydrogens is 393 g/mol. The Morgan fingerprint density at radius 3 is 2.74 bits per heavy atom. The molecule has 27 heavy (non-hydrogen) atoms. The fourth-order valence-electron chi connectivity index (χ4n) is 2.85. The summed E-state index contributed by atoms with van der Waals surface area (Å²) in [6, 6.07) is 8.17. The highest BCUT2D eigenvalue weighted by Crippen LogP contribution is 2.27. The summed E-state index contributed by atoms with van der Waals surface area (Å²) in [5.74, 6) is -0.961. The summed E-state index contributed by atoms with van der Waals surface area (Å²) < 4.78 is 41.2. The number of rotatable bonds is 5. The minimum Gasteiger partial charge on any atom is -0.322 e. The number of amides is 1. The minimum absolute atomic E-state index is 0.0195. The normalized spacial score (nSPS) is 17.1. The fourth-order valence-corrected chi connectivity index (χ4v) is 4.74. The number of carbonyl (C=O) groups excluding carboxylic acids is 1. The van der Waals surface area contributed by atoms with Crippen molar-refractivity contribution in [3.05, 3.63) is 58.4 Å². The molecule has 2 aromatic rings. The molecule has 0 aliphatic carbocycles. The molecule has 2 aromatic carbocycles. The standard InChI is InChI=1S/C18H19ClFN3O3S/c1-11-9-12(5-6-15(11)20)22-18(24)14-3-2-4-16(17(14)19)27(25,26)23-13-7-8-21-10-13/h2-6,9,13,21,23H,7-8,10H2,1H3,(H,22,24). The Morgan fingerprint density at radius 1 is 1.30 bits per heavy atom. The van der Waals surface area contributed by atoms with E-state index in [4.69, 9.17) is 11.6 Å². The molecule has 1 saturated heterocycles. The molecule has 0 bridgehead atoms. The van der Waals surface area contributed by atoms with Gasteiger partial charge in [-0.3, -0.25) is 4.79 Å². The van der Waals surface area contributed by atoms with Crippen LogP contribution in [0.25, 0.3) is 0 Å². The molecule has 3 rings (SSSR count). The summed E-state index contributed by atoms with van der Waals surface area (Å²) in [7, 11) is -3.87. The van der Waals surface area contributed by atoms with Gasteiger partial charge in [0.2, 0.25) is 10.0 Å². The molecule has 1 atom stereocenters. The molecule has 0 radical (unpaired) electrons. The van der Waals surface area contributed by atoms with Gasteiger partial charge in [0, 0.05) is 18.3 Å². The van der Waals surface area contributed by atoms with E-state index in [9.17, 15) is 17.6 Å². The topological polar surface area (TPSA) is 87.3 Å². The molecule has 1 fully saturated rings. The van der Waals surface area contributed by atoms with Crippen molar-refractivity contribution in [2.24, 2.45) is 0 Å². The van der Waals surface area contributed by atoms with Gasteiger partial charge >= 0.3 is 0 Å². The molecule has 144 valence electrons. The van der Waals surface area contributed by atoms with Gasteiger partial charge in [-0.2, -0.15) is 0 Å². The Morgan fingerprint density at radius 2 is 2.07 bits per heavy atom. The number of anilines is 1. The van der Waals surface area contributed by atoms with Gasteiger partial charge in [0.1, 0.15) is 10.7 Å². The third-order valence-electron chi connectivity index (χ3n) is 4.30. The van der Waals surface area contributed by atoms with Gasteiger partial charge < -0.3 is 10.6 Å². The molecule has 0 saturated carbocycles. The lowest BCUT2D eigenvalue weighted by Gasteiger charge is -2.15. The summed E-state index contributed by atoms with van der Waals surface area (Å²) in [4.78, 5) is 12.4. The molecule has 6 nitrogen and oxygen atoms in total. The largest absolute Gasteiger partial charge is 0.322 e. The quantitative estimate of drug-likeness (QED) is 0.706. The summed E-state index contributed by atoms with van der Waals surface area (Å²) >= 11 is 6.24. The predicted molar refractivity (Wildman–Crippen MR) is 102 cm³/mol. The lowest BCUT2D eigenvalue weighted by Crippen LogP contribution is -2.36. The summed E-state index contributed by atoms with van der Waals surface area (Å²) in [6.45, 7) is 2.86. The van der Waals surface area contributed by atoms with Gasteiger partial charge in [0.05, 0.1) is 10.6 Å². The highest BCUT2D eigenvalue weighted by Gasteiger charge is 2.26. The maximum atomic E-state index is 13.4. The van der Waals surface area contributed by atoms with Crippen molar-refractivity contribution < 1.29 is 17.6 Å². The number of aryl methyl sites for hydroxylation is 1. The Bertz CT molecular complexity index is 976. The molecular formula is C18H19ClFN3O3S. The third kappa shape index (κ3) is 4.47. The van der Waals surface area contributed by atoms with E-state index < -0.39 is 15.9 Å². The molecule has 1 heterocycles. The highest BCUT2D eigenvalue weighted by molar-refractivity contribution is 7.89. The smallest absolute Gasteiger partial charge is 0.257 e. The first kappa shape index (κ1) is 19.8. The Balaban J connectivity index is 1.85. The number of hydrogen-bond acceptors (Lipinski definition) is 4. The zero-order valence-electron chi connectivity index (χ0n) is 14.6. The van der Waals surface area contributed by atoms with E-state index in [-0.39, 0.29) is 27.3 Å². The number of carbonyl (C=O) groups is 1. The first-order valence-corrected chi connectivity index (χ1v) is 10.2. The Hall–Kier alpha value is -2.00. The van der Waals surface area contributed by atoms with Crippen LogP contribution in [0.2, 0.25) is 5.02 Å². The molecule has 1 aliphatic heterocycles. The van der Waals surface area contributed by atoms with E-state index in [2.05, 4.69) is 15.4 Å². The second-order valence-corrected chi connectivity index (χ2v) is 8.41. The van der Waals surface area contributed by atoms with Crippen LogP contribution in [0.15, 0.2) is 41.3 Å². The van der Waals surface area contributed by atoms with Crippen molar-refractivity contribution in [2.45, 2.75) is 24.3 Å². The van der Waals surface area contributed by atoms with Gasteiger partial charge in [-0.25, -0.2) is 17.5 Å². The van der Waals surface area contributed by atoms with Crippen molar-refractivity contribution in [1.29, 1.82) is 0 Å². The van der Waals surface area contributed by atoms with E-state index >= 15 is 0 Å². The second-order valence-electron chi connectivity index (χ2n) is 6.35. The molecule has 1 aliphatic rings. The van der Waals surface area contributed by atoms with E-state index in [0.29, 0.717) is 24.2 Å². The second kappa shape index (κ2) is 7.93. The van der Waals surface area contributed by atoms with Gasteiger partial charge in [0.25, 0.3) is 5.91 Å². The van der Waals surface area contributed by atoms with Crippen LogP contribution in [0, 0.1) is 12.7 Å². The van der Waals surface area contributed by atoms with E-state index in [1.807, 2.05) is 0 Å². The number of sulfonamides is 1. The molecule has 1 amide bonds. The Labute approximate surface area is 162 Å². The lowest BCUT2D eigenvalue weighted by atomic mass is 10.2. The first-order chi connectivity index (χ1) is 12.8.